The van der Waals surface area contributed by atoms with Crippen molar-refractivity contribution in [1.82, 2.24) is 0 Å². The van der Waals surface area contributed by atoms with Crippen molar-refractivity contribution < 1.29 is 19.1 Å². The fraction of sp³-hybridized carbons (Fsp3) is 0.500. The summed E-state index contributed by atoms with van der Waals surface area (Å²) in [5, 5.41) is 0. The molecule has 1 fully saturated rings. The maximum atomic E-state index is 12.2. The summed E-state index contributed by atoms with van der Waals surface area (Å²) in [6.45, 7) is 3.67. The molecule has 0 N–H and O–H groups in total. The molecule has 0 saturated heterocycles. The summed E-state index contributed by atoms with van der Waals surface area (Å²) >= 11 is 0. The molecule has 4 heteroatoms. The highest BCUT2D eigenvalue weighted by molar-refractivity contribution is 6.41. The van der Waals surface area contributed by atoms with Crippen molar-refractivity contribution in [3.05, 3.63) is 29.3 Å². The number of carbonyl (C=O) groups is 2. The number of esters is 1. The highest BCUT2D eigenvalue weighted by Crippen LogP contribution is 2.28. The molecule has 0 amide bonds. The minimum atomic E-state index is -0.821. The van der Waals surface area contributed by atoms with Crippen molar-refractivity contribution in [2.45, 2.75) is 45.6 Å². The molecule has 1 aliphatic carbocycles. The predicted octanol–water partition coefficient (Wildman–Crippen LogP) is 3.06. The molecule has 108 valence electrons. The highest BCUT2D eigenvalue weighted by Gasteiger charge is 2.26. The van der Waals surface area contributed by atoms with Crippen LogP contribution in [-0.2, 0) is 9.53 Å². The standard InChI is InChI=1S/C16H20O4/c1-3-19-16(18)15(17)14-11(2)7-6-10-13(14)20-12-8-4-5-9-12/h6-7,10,12H,3-5,8-9H2,1-2H3. The Morgan fingerprint density at radius 3 is 2.60 bits per heavy atom. The summed E-state index contributed by atoms with van der Waals surface area (Å²) in [6, 6.07) is 5.38. The molecule has 1 aromatic rings. The van der Waals surface area contributed by atoms with E-state index in [-0.39, 0.29) is 12.7 Å². The predicted molar refractivity (Wildman–Crippen MR) is 75.0 cm³/mol. The van der Waals surface area contributed by atoms with Gasteiger partial charge in [0.15, 0.2) is 0 Å². The maximum absolute atomic E-state index is 12.2. The third-order valence-corrected chi connectivity index (χ3v) is 3.52. The van der Waals surface area contributed by atoms with Crippen LogP contribution in [0.15, 0.2) is 18.2 Å². The molecule has 0 radical (unpaired) electrons. The molecule has 1 saturated carbocycles. The monoisotopic (exact) mass is 276 g/mol. The number of carbonyl (C=O) groups excluding carboxylic acids is 2. The lowest BCUT2D eigenvalue weighted by Gasteiger charge is -2.17. The van der Waals surface area contributed by atoms with Gasteiger partial charge in [0.05, 0.1) is 18.3 Å². The number of hydrogen-bond donors (Lipinski definition) is 0. The largest absolute Gasteiger partial charge is 0.490 e. The first kappa shape index (κ1) is 14.6. The second kappa shape index (κ2) is 6.55. The van der Waals surface area contributed by atoms with Gasteiger partial charge in [0, 0.05) is 0 Å². The van der Waals surface area contributed by atoms with E-state index in [1.807, 2.05) is 6.07 Å². The Bertz CT molecular complexity index is 501. The van der Waals surface area contributed by atoms with Crippen LogP contribution in [0.5, 0.6) is 5.75 Å². The lowest BCUT2D eigenvalue weighted by Crippen LogP contribution is -2.21. The van der Waals surface area contributed by atoms with Crippen LogP contribution < -0.4 is 4.74 Å². The van der Waals surface area contributed by atoms with E-state index in [1.54, 1.807) is 26.0 Å². The molecular weight excluding hydrogens is 256 g/mol. The van der Waals surface area contributed by atoms with Crippen LogP contribution >= 0.6 is 0 Å². The topological polar surface area (TPSA) is 52.6 Å². The second-order valence-corrected chi connectivity index (χ2v) is 5.02. The van der Waals surface area contributed by atoms with Gasteiger partial charge in [-0.15, -0.1) is 0 Å². The highest BCUT2D eigenvalue weighted by atomic mass is 16.5. The van der Waals surface area contributed by atoms with Gasteiger partial charge in [0.25, 0.3) is 5.78 Å². The van der Waals surface area contributed by atoms with Crippen LogP contribution in [0.1, 0.15) is 48.5 Å². The molecule has 20 heavy (non-hydrogen) atoms. The first-order chi connectivity index (χ1) is 9.63. The van der Waals surface area contributed by atoms with Gasteiger partial charge in [-0.2, -0.15) is 0 Å². The van der Waals surface area contributed by atoms with Crippen molar-refractivity contribution >= 4 is 11.8 Å². The first-order valence-corrected chi connectivity index (χ1v) is 7.11. The van der Waals surface area contributed by atoms with Crippen LogP contribution in [0, 0.1) is 6.92 Å². The van der Waals surface area contributed by atoms with Crippen molar-refractivity contribution in [2.24, 2.45) is 0 Å². The summed E-state index contributed by atoms with van der Waals surface area (Å²) in [7, 11) is 0. The number of hydrogen-bond acceptors (Lipinski definition) is 4. The SMILES string of the molecule is CCOC(=O)C(=O)c1c(C)cccc1OC1CCCC1. The molecule has 0 unspecified atom stereocenters. The second-order valence-electron chi connectivity index (χ2n) is 5.02. The minimum Gasteiger partial charge on any atom is -0.490 e. The number of ether oxygens (including phenoxy) is 2. The zero-order chi connectivity index (χ0) is 14.5. The minimum absolute atomic E-state index is 0.144. The van der Waals surface area contributed by atoms with Crippen LogP contribution in [-0.4, -0.2) is 24.5 Å². The van der Waals surface area contributed by atoms with E-state index >= 15 is 0 Å². The van der Waals surface area contributed by atoms with E-state index in [0.29, 0.717) is 11.3 Å². The van der Waals surface area contributed by atoms with Crippen LogP contribution in [0.2, 0.25) is 0 Å². The average molecular weight is 276 g/mol. The third-order valence-electron chi connectivity index (χ3n) is 3.52. The molecule has 0 aromatic heterocycles. The Morgan fingerprint density at radius 1 is 1.25 bits per heavy atom. The maximum Gasteiger partial charge on any atom is 0.379 e. The van der Waals surface area contributed by atoms with Gasteiger partial charge in [0.1, 0.15) is 5.75 Å². The van der Waals surface area contributed by atoms with Gasteiger partial charge in [-0.1, -0.05) is 12.1 Å². The van der Waals surface area contributed by atoms with E-state index in [1.165, 1.54) is 0 Å². The number of benzene rings is 1. The molecule has 1 aliphatic rings. The zero-order valence-corrected chi connectivity index (χ0v) is 12.0. The third kappa shape index (κ3) is 3.18. The van der Waals surface area contributed by atoms with Crippen LogP contribution in [0.3, 0.4) is 0 Å². The number of rotatable bonds is 5. The Kier molecular flexibility index (Phi) is 4.77. The first-order valence-electron chi connectivity index (χ1n) is 7.11. The van der Waals surface area contributed by atoms with Crippen molar-refractivity contribution in [1.29, 1.82) is 0 Å². The Balaban J connectivity index is 2.25. The number of aryl methyl sites for hydroxylation is 1. The van der Waals surface area contributed by atoms with E-state index in [4.69, 9.17) is 9.47 Å². The zero-order valence-electron chi connectivity index (χ0n) is 12.0. The summed E-state index contributed by atoms with van der Waals surface area (Å²) in [5.74, 6) is -0.953. The smallest absolute Gasteiger partial charge is 0.379 e. The Morgan fingerprint density at radius 2 is 1.95 bits per heavy atom. The molecule has 4 nitrogen and oxygen atoms in total. The average Bonchev–Trinajstić information content (AvgIpc) is 2.91. The molecule has 0 aliphatic heterocycles. The summed E-state index contributed by atoms with van der Waals surface area (Å²) < 4.78 is 10.7. The fourth-order valence-electron chi connectivity index (χ4n) is 2.51. The van der Waals surface area contributed by atoms with Crippen molar-refractivity contribution in [3.8, 4) is 5.75 Å². The van der Waals surface area contributed by atoms with Gasteiger partial charge in [-0.3, -0.25) is 4.79 Å². The summed E-state index contributed by atoms with van der Waals surface area (Å²) in [6.07, 6.45) is 4.45. The van der Waals surface area contributed by atoms with Gasteiger partial charge in [-0.25, -0.2) is 4.79 Å². The van der Waals surface area contributed by atoms with Crippen molar-refractivity contribution in [2.75, 3.05) is 6.61 Å². The molecular formula is C16H20O4. The molecule has 2 rings (SSSR count). The van der Waals surface area contributed by atoms with Gasteiger partial charge in [-0.05, 0) is 51.2 Å². The molecule has 0 atom stereocenters. The lowest BCUT2D eigenvalue weighted by molar-refractivity contribution is -0.137. The molecule has 0 bridgehead atoms. The van der Waals surface area contributed by atoms with E-state index in [0.717, 1.165) is 31.2 Å². The lowest BCUT2D eigenvalue weighted by atomic mass is 10.0. The molecule has 0 spiro atoms. The quantitative estimate of drug-likeness (QED) is 0.471. The van der Waals surface area contributed by atoms with Crippen molar-refractivity contribution in [3.63, 3.8) is 0 Å². The van der Waals surface area contributed by atoms with E-state index in [9.17, 15) is 9.59 Å². The van der Waals surface area contributed by atoms with Gasteiger partial charge < -0.3 is 9.47 Å². The van der Waals surface area contributed by atoms with Gasteiger partial charge in [0.2, 0.25) is 0 Å². The van der Waals surface area contributed by atoms with E-state index in [2.05, 4.69) is 0 Å². The van der Waals surface area contributed by atoms with E-state index < -0.39 is 11.8 Å². The van der Waals surface area contributed by atoms with Crippen LogP contribution in [0.25, 0.3) is 0 Å². The molecule has 0 heterocycles. The van der Waals surface area contributed by atoms with Crippen LogP contribution in [0.4, 0.5) is 0 Å². The van der Waals surface area contributed by atoms with Gasteiger partial charge >= 0.3 is 5.97 Å². The number of Topliss-reactive ketones (excluding diaryl/α,β-unsaturated/α-hetero) is 1. The summed E-state index contributed by atoms with van der Waals surface area (Å²) in [4.78, 5) is 23.9. The molecule has 1 aromatic carbocycles. The Labute approximate surface area is 119 Å². The summed E-state index contributed by atoms with van der Waals surface area (Å²) in [5.41, 5.74) is 1.07. The fourth-order valence-corrected chi connectivity index (χ4v) is 2.51. The number of ketones is 1. The Hall–Kier alpha value is -1.84. The normalized spacial score (nSPS) is 15.1.